The maximum Gasteiger partial charge on any atom is 0.408 e. The number of carboxylic acids is 2. The SMILES string of the molecule is CC[C@@H](C)[C@H](NC(=O)OC(C)(C)C)C(=O)N1CCC(C(=O)N[C@@H](CC(=O)O)C(=O)O)CC1. The van der Waals surface area contributed by atoms with Crippen LogP contribution in [0.15, 0.2) is 0 Å². The van der Waals surface area contributed by atoms with E-state index >= 15 is 0 Å². The average Bonchev–Trinajstić information content (AvgIpc) is 2.68. The van der Waals surface area contributed by atoms with Crippen molar-refractivity contribution in [1.82, 2.24) is 15.5 Å². The summed E-state index contributed by atoms with van der Waals surface area (Å²) in [6, 6.07) is -2.28. The fraction of sp³-hybridized carbons (Fsp3) is 0.762. The highest BCUT2D eigenvalue weighted by molar-refractivity contribution is 5.88. The predicted molar refractivity (Wildman–Crippen MR) is 114 cm³/mol. The molecule has 0 aromatic carbocycles. The molecule has 1 rings (SSSR count). The van der Waals surface area contributed by atoms with E-state index in [0.29, 0.717) is 19.3 Å². The number of amides is 3. The molecule has 0 spiro atoms. The summed E-state index contributed by atoms with van der Waals surface area (Å²) in [6.07, 6.45) is -0.132. The van der Waals surface area contributed by atoms with Crippen molar-refractivity contribution in [3.63, 3.8) is 0 Å². The van der Waals surface area contributed by atoms with Crippen molar-refractivity contribution in [2.45, 2.75) is 78.0 Å². The lowest BCUT2D eigenvalue weighted by molar-refractivity contribution is -0.148. The monoisotopic (exact) mass is 457 g/mol. The van der Waals surface area contributed by atoms with E-state index in [0.717, 1.165) is 0 Å². The summed E-state index contributed by atoms with van der Waals surface area (Å²) < 4.78 is 5.27. The zero-order chi connectivity index (χ0) is 24.6. The highest BCUT2D eigenvalue weighted by atomic mass is 16.6. The first-order valence-corrected chi connectivity index (χ1v) is 10.8. The predicted octanol–water partition coefficient (Wildman–Crippen LogP) is 1.21. The maximum atomic E-state index is 13.1. The van der Waals surface area contributed by atoms with Gasteiger partial charge in [0.25, 0.3) is 0 Å². The van der Waals surface area contributed by atoms with Crippen molar-refractivity contribution in [2.24, 2.45) is 11.8 Å². The molecule has 11 nitrogen and oxygen atoms in total. The number of nitrogens with zero attached hydrogens (tertiary/aromatic N) is 1. The molecule has 1 aliphatic rings. The van der Waals surface area contributed by atoms with Crippen LogP contribution >= 0.6 is 0 Å². The molecule has 4 N–H and O–H groups in total. The number of aliphatic carboxylic acids is 2. The van der Waals surface area contributed by atoms with E-state index in [1.165, 1.54) is 0 Å². The van der Waals surface area contributed by atoms with E-state index in [1.54, 1.807) is 25.7 Å². The van der Waals surface area contributed by atoms with Crippen molar-refractivity contribution in [1.29, 1.82) is 0 Å². The standard InChI is InChI=1S/C21H35N3O8/c1-6-12(2)16(23-20(31)32-21(3,4)5)18(28)24-9-7-13(8-10-24)17(27)22-14(19(29)30)11-15(25)26/h12-14,16H,6-11H2,1-5H3,(H,22,27)(H,23,31)(H,25,26)(H,29,30)/t12-,14+,16+/m1/s1. The van der Waals surface area contributed by atoms with Gasteiger partial charge in [-0.1, -0.05) is 20.3 Å². The number of likely N-dealkylation sites (tertiary alicyclic amines) is 1. The van der Waals surface area contributed by atoms with Crippen LogP contribution < -0.4 is 10.6 Å². The van der Waals surface area contributed by atoms with E-state index in [1.807, 2.05) is 13.8 Å². The molecule has 32 heavy (non-hydrogen) atoms. The molecule has 182 valence electrons. The summed E-state index contributed by atoms with van der Waals surface area (Å²) >= 11 is 0. The van der Waals surface area contributed by atoms with Gasteiger partial charge in [0.15, 0.2) is 0 Å². The van der Waals surface area contributed by atoms with Crippen molar-refractivity contribution in [3.05, 3.63) is 0 Å². The summed E-state index contributed by atoms with van der Waals surface area (Å²) in [5.74, 6) is -4.22. The van der Waals surface area contributed by atoms with Gasteiger partial charge in [0, 0.05) is 19.0 Å². The Balaban J connectivity index is 2.72. The Hall–Kier alpha value is -2.85. The van der Waals surface area contributed by atoms with Gasteiger partial charge in [0.1, 0.15) is 17.7 Å². The number of carbonyl (C=O) groups excluding carboxylic acids is 3. The van der Waals surface area contributed by atoms with Crippen LogP contribution in [0, 0.1) is 11.8 Å². The molecule has 1 heterocycles. The fourth-order valence-corrected chi connectivity index (χ4v) is 3.34. The number of ether oxygens (including phenoxy) is 1. The molecule has 1 fully saturated rings. The molecular formula is C21H35N3O8. The van der Waals surface area contributed by atoms with Crippen molar-refractivity contribution in [2.75, 3.05) is 13.1 Å². The third-order valence-electron chi connectivity index (χ3n) is 5.32. The number of hydrogen-bond donors (Lipinski definition) is 4. The summed E-state index contributed by atoms with van der Waals surface area (Å²) in [6.45, 7) is 9.48. The van der Waals surface area contributed by atoms with E-state index < -0.39 is 54.0 Å². The van der Waals surface area contributed by atoms with Crippen LogP contribution in [0.4, 0.5) is 4.79 Å². The van der Waals surface area contributed by atoms with Gasteiger partial charge in [0.05, 0.1) is 6.42 Å². The highest BCUT2D eigenvalue weighted by Gasteiger charge is 2.35. The summed E-state index contributed by atoms with van der Waals surface area (Å²) in [4.78, 5) is 61.2. The van der Waals surface area contributed by atoms with E-state index in [2.05, 4.69) is 10.6 Å². The second-order valence-corrected chi connectivity index (χ2v) is 9.11. The first kappa shape index (κ1) is 27.2. The molecule has 11 heteroatoms. The van der Waals surface area contributed by atoms with Gasteiger partial charge in [-0.05, 0) is 39.5 Å². The van der Waals surface area contributed by atoms with Gasteiger partial charge in [-0.3, -0.25) is 14.4 Å². The molecule has 1 aliphatic heterocycles. The lowest BCUT2D eigenvalue weighted by atomic mass is 9.93. The zero-order valence-corrected chi connectivity index (χ0v) is 19.3. The third-order valence-corrected chi connectivity index (χ3v) is 5.32. The lowest BCUT2D eigenvalue weighted by Gasteiger charge is -2.35. The number of carboxylic acid groups (broad SMARTS) is 2. The smallest absolute Gasteiger partial charge is 0.408 e. The minimum Gasteiger partial charge on any atom is -0.481 e. The second-order valence-electron chi connectivity index (χ2n) is 9.11. The number of nitrogens with one attached hydrogen (secondary N) is 2. The minimum absolute atomic E-state index is 0.136. The Morgan fingerprint density at radius 1 is 1.06 bits per heavy atom. The average molecular weight is 458 g/mol. The normalized spacial score (nSPS) is 17.6. The molecule has 1 saturated heterocycles. The topological polar surface area (TPSA) is 162 Å². The molecule has 0 radical (unpaired) electrons. The van der Waals surface area contributed by atoms with Crippen LogP contribution in [0.1, 0.15) is 60.3 Å². The Morgan fingerprint density at radius 2 is 1.62 bits per heavy atom. The minimum atomic E-state index is -1.51. The second kappa shape index (κ2) is 11.7. The molecule has 0 aromatic rings. The van der Waals surface area contributed by atoms with Crippen LogP contribution in [0.2, 0.25) is 0 Å². The lowest BCUT2D eigenvalue weighted by Crippen LogP contribution is -2.55. The molecule has 0 aromatic heterocycles. The number of carbonyl (C=O) groups is 5. The fourth-order valence-electron chi connectivity index (χ4n) is 3.34. The van der Waals surface area contributed by atoms with Crippen LogP contribution in [0.3, 0.4) is 0 Å². The van der Waals surface area contributed by atoms with E-state index in [4.69, 9.17) is 14.9 Å². The van der Waals surface area contributed by atoms with Crippen molar-refractivity contribution in [3.8, 4) is 0 Å². The molecule has 0 saturated carbocycles. The van der Waals surface area contributed by atoms with Crippen molar-refractivity contribution >= 4 is 29.8 Å². The largest absolute Gasteiger partial charge is 0.481 e. The maximum absolute atomic E-state index is 13.1. The first-order valence-electron chi connectivity index (χ1n) is 10.8. The van der Waals surface area contributed by atoms with Gasteiger partial charge in [0.2, 0.25) is 11.8 Å². The van der Waals surface area contributed by atoms with Crippen LogP contribution in [-0.4, -0.2) is 75.7 Å². The quantitative estimate of drug-likeness (QED) is 0.401. The third kappa shape index (κ3) is 8.72. The van der Waals surface area contributed by atoms with Crippen LogP contribution in [-0.2, 0) is 23.9 Å². The van der Waals surface area contributed by atoms with E-state index in [9.17, 15) is 24.0 Å². The summed E-state index contributed by atoms with van der Waals surface area (Å²) in [5, 5.41) is 22.8. The molecule has 0 bridgehead atoms. The van der Waals surface area contributed by atoms with Crippen LogP contribution in [0.25, 0.3) is 0 Å². The number of rotatable bonds is 9. The van der Waals surface area contributed by atoms with Crippen molar-refractivity contribution < 1.29 is 38.9 Å². The molecule has 3 amide bonds. The Bertz CT molecular complexity index is 710. The molecular weight excluding hydrogens is 422 g/mol. The number of alkyl carbamates (subject to hydrolysis) is 1. The summed E-state index contributed by atoms with van der Waals surface area (Å²) in [7, 11) is 0. The molecule has 0 unspecified atom stereocenters. The number of hydrogen-bond acceptors (Lipinski definition) is 6. The first-order chi connectivity index (χ1) is 14.7. The van der Waals surface area contributed by atoms with Gasteiger partial charge in [-0.2, -0.15) is 0 Å². The van der Waals surface area contributed by atoms with Gasteiger partial charge in [-0.15, -0.1) is 0 Å². The van der Waals surface area contributed by atoms with Gasteiger partial charge < -0.3 is 30.5 Å². The Labute approximate surface area is 187 Å². The van der Waals surface area contributed by atoms with Gasteiger partial charge >= 0.3 is 18.0 Å². The Morgan fingerprint density at radius 3 is 2.06 bits per heavy atom. The van der Waals surface area contributed by atoms with Gasteiger partial charge in [-0.25, -0.2) is 9.59 Å². The molecule has 3 atom stereocenters. The number of piperidine rings is 1. The molecule has 0 aliphatic carbocycles. The summed E-state index contributed by atoms with van der Waals surface area (Å²) in [5.41, 5.74) is -0.701. The van der Waals surface area contributed by atoms with E-state index in [-0.39, 0.29) is 24.9 Å². The zero-order valence-electron chi connectivity index (χ0n) is 19.3. The Kier molecular flexibility index (Phi) is 9.92. The van der Waals surface area contributed by atoms with Crippen LogP contribution in [0.5, 0.6) is 0 Å². The highest BCUT2D eigenvalue weighted by Crippen LogP contribution is 2.21.